The predicted octanol–water partition coefficient (Wildman–Crippen LogP) is 5.88. The molecule has 0 amide bonds. The minimum absolute atomic E-state index is 2.65. The Labute approximate surface area is 149 Å². The van der Waals surface area contributed by atoms with Gasteiger partial charge in [-0.05, 0) is 0 Å². The van der Waals surface area contributed by atoms with Gasteiger partial charge in [0.2, 0.25) is 0 Å². The van der Waals surface area contributed by atoms with Gasteiger partial charge >= 0.3 is 58.9 Å². The van der Waals surface area contributed by atoms with Crippen molar-refractivity contribution >= 4 is 11.9 Å². The molecule has 29 heavy (non-hydrogen) atoms. The molecule has 0 aliphatic carbocycles. The molecule has 3 nitrogen and oxygen atoms in total. The smallest absolute Gasteiger partial charge is 0.250 e. The predicted molar refractivity (Wildman–Crippen MR) is 55.3 cm³/mol. The highest BCUT2D eigenvalue weighted by Crippen LogP contribution is 2.64. The van der Waals surface area contributed by atoms with E-state index in [2.05, 4.69) is 0 Å². The van der Waals surface area contributed by atoms with Crippen molar-refractivity contribution in [3.8, 4) is 0 Å². The van der Waals surface area contributed by atoms with E-state index in [0.29, 0.717) is 0 Å². The van der Waals surface area contributed by atoms with Crippen molar-refractivity contribution < 1.29 is 79.0 Å². The van der Waals surface area contributed by atoms with Crippen LogP contribution in [0.2, 0.25) is 0 Å². The fraction of sp³-hybridized carbons (Fsp3) is 1.00. The molecule has 0 aliphatic heterocycles. The van der Waals surface area contributed by atoms with E-state index in [1.54, 1.807) is 0 Å². The van der Waals surface area contributed by atoms with Crippen LogP contribution in [0.25, 0.3) is 0 Å². The van der Waals surface area contributed by atoms with E-state index in [0.717, 1.165) is 0 Å². The number of alkyl halides is 17. The summed E-state index contributed by atoms with van der Waals surface area (Å²) in [7, 11) is 0. The van der Waals surface area contributed by atoms with Crippen LogP contribution in [0.1, 0.15) is 0 Å². The summed E-state index contributed by atoms with van der Waals surface area (Å²) in [4.78, 5) is 9.67. The highest BCUT2D eigenvalue weighted by atomic mass is 32.2. The van der Waals surface area contributed by atoms with Crippen LogP contribution in [0.15, 0.2) is 0 Å². The quantitative estimate of drug-likeness (QED) is 0.182. The second kappa shape index (κ2) is 6.79. The van der Waals surface area contributed by atoms with Gasteiger partial charge in [0.15, 0.2) is 0 Å². The average Bonchev–Trinajstić information content (AvgIpc) is 2.43. The highest BCUT2D eigenvalue weighted by Gasteiger charge is 2.95. The molecular formula is C8F17NO2S. The van der Waals surface area contributed by atoms with Gasteiger partial charge in [0.05, 0.1) is 0 Å². The van der Waals surface area contributed by atoms with Crippen molar-refractivity contribution in [3.05, 3.63) is 10.1 Å². The fourth-order valence-electron chi connectivity index (χ4n) is 1.30. The maximum Gasteiger partial charge on any atom is 0.460 e. The lowest BCUT2D eigenvalue weighted by Crippen LogP contribution is -2.74. The van der Waals surface area contributed by atoms with Gasteiger partial charge in [0.25, 0.3) is 0 Å². The fourth-order valence-corrected chi connectivity index (χ4v) is 1.73. The first kappa shape index (κ1) is 27.6. The van der Waals surface area contributed by atoms with Gasteiger partial charge in [-0.25, -0.2) is 0 Å². The molecule has 0 spiro atoms. The first-order chi connectivity index (χ1) is 12.2. The van der Waals surface area contributed by atoms with E-state index in [1.165, 1.54) is 0 Å². The zero-order chi connectivity index (χ0) is 24.3. The molecule has 0 N–H and O–H groups in total. The number of nitro groups is 1. The van der Waals surface area contributed by atoms with E-state index >= 15 is 0 Å². The molecule has 0 aromatic rings. The van der Waals surface area contributed by atoms with Crippen LogP contribution in [-0.2, 0) is 0 Å². The number of halogens is 17. The van der Waals surface area contributed by atoms with Crippen LogP contribution in [0.4, 0.5) is 74.6 Å². The Kier molecular flexibility index (Phi) is 6.45. The molecule has 0 aliphatic rings. The van der Waals surface area contributed by atoms with Crippen molar-refractivity contribution in [3.63, 3.8) is 0 Å². The largest absolute Gasteiger partial charge is 0.460 e. The van der Waals surface area contributed by atoms with E-state index in [9.17, 15) is 84.8 Å². The van der Waals surface area contributed by atoms with Crippen molar-refractivity contribution in [1.82, 2.24) is 0 Å². The van der Waals surface area contributed by atoms with Gasteiger partial charge in [0.1, 0.15) is 4.33 Å². The normalized spacial score (nSPS) is 16.2. The monoisotopic (exact) mass is 497 g/mol. The van der Waals surface area contributed by atoms with Gasteiger partial charge in [0, 0.05) is 0 Å². The average molecular weight is 497 g/mol. The summed E-state index contributed by atoms with van der Waals surface area (Å²) >= 11 is -2.80. The Morgan fingerprint density at radius 1 is 0.483 bits per heavy atom. The summed E-state index contributed by atoms with van der Waals surface area (Å²) < 4.78 is 213. The lowest BCUT2D eigenvalue weighted by molar-refractivity contribution is -0.458. The molecular weight excluding hydrogens is 497 g/mol. The highest BCUT2D eigenvalue weighted by molar-refractivity contribution is 7.94. The zero-order valence-corrected chi connectivity index (χ0v) is 12.9. The molecule has 174 valence electrons. The van der Waals surface area contributed by atoms with Crippen molar-refractivity contribution in [2.75, 3.05) is 0 Å². The first-order valence-corrected chi connectivity index (χ1v) is 6.49. The van der Waals surface area contributed by atoms with Gasteiger partial charge in [-0.1, -0.05) is 0 Å². The number of rotatable bonds is 8. The molecule has 0 rings (SSSR count). The summed E-state index contributed by atoms with van der Waals surface area (Å²) in [6, 6.07) is 0. The van der Waals surface area contributed by atoms with Gasteiger partial charge in [-0.3, -0.25) is 10.1 Å². The zero-order valence-electron chi connectivity index (χ0n) is 12.1. The summed E-state index contributed by atoms with van der Waals surface area (Å²) in [5.41, 5.74) is 0. The van der Waals surface area contributed by atoms with Gasteiger partial charge < -0.3 is 0 Å². The van der Waals surface area contributed by atoms with Crippen LogP contribution in [-0.4, -0.2) is 51.3 Å². The SMILES string of the molecule is O=[N+]([O-])SC(F)(F)C(F)(F)C(F)(F)C(F)(F)C(F)(F)C(F)(F)C(F)(F)C(F)(F)F. The van der Waals surface area contributed by atoms with E-state index in [1.807, 2.05) is 0 Å². The lowest BCUT2D eigenvalue weighted by atomic mass is 9.91. The Balaban J connectivity index is 6.69. The number of hydrogen-bond donors (Lipinski definition) is 0. The third-order valence-corrected chi connectivity index (χ3v) is 3.52. The minimum Gasteiger partial charge on any atom is -0.250 e. The summed E-state index contributed by atoms with van der Waals surface area (Å²) in [5.74, 6) is -50.9. The summed E-state index contributed by atoms with van der Waals surface area (Å²) in [6.07, 6.45) is -7.83. The Morgan fingerprint density at radius 3 is 0.966 bits per heavy atom. The third-order valence-electron chi connectivity index (χ3n) is 2.88. The van der Waals surface area contributed by atoms with Crippen LogP contribution >= 0.6 is 11.9 Å². The number of hydrogen-bond acceptors (Lipinski definition) is 3. The van der Waals surface area contributed by atoms with E-state index in [4.69, 9.17) is 0 Å². The molecule has 0 fully saturated rings. The Hall–Kier alpha value is -1.44. The molecule has 0 atom stereocenters. The van der Waals surface area contributed by atoms with Crippen molar-refractivity contribution in [2.45, 2.75) is 47.0 Å². The molecule has 0 saturated carbocycles. The van der Waals surface area contributed by atoms with Crippen LogP contribution in [0, 0.1) is 10.1 Å². The third kappa shape index (κ3) is 3.62. The first-order valence-electron chi connectivity index (χ1n) is 5.71. The molecule has 0 heterocycles. The Morgan fingerprint density at radius 2 is 0.724 bits per heavy atom. The van der Waals surface area contributed by atoms with Gasteiger partial charge in [-0.15, -0.1) is 0 Å². The van der Waals surface area contributed by atoms with Crippen molar-refractivity contribution in [2.24, 2.45) is 0 Å². The van der Waals surface area contributed by atoms with Crippen molar-refractivity contribution in [1.29, 1.82) is 0 Å². The standard InChI is InChI=1S/C8F17NO2S/c9-1(10,3(13,14)5(17,18)7(21,22)23)2(11,12)4(15,16)6(19,20)8(24,25)29-26(27)28. The molecule has 21 heteroatoms. The summed E-state index contributed by atoms with van der Waals surface area (Å²) in [5, 5.41) is 2.60. The molecule has 0 aromatic heterocycles. The minimum atomic E-state index is -8.75. The molecule has 0 aromatic carbocycles. The number of nitrogens with zero attached hydrogens (tertiary/aromatic N) is 1. The molecule has 0 bridgehead atoms. The molecule has 0 radical (unpaired) electrons. The topological polar surface area (TPSA) is 43.1 Å². The molecule has 0 saturated heterocycles. The lowest BCUT2D eigenvalue weighted by Gasteiger charge is -2.41. The maximum absolute atomic E-state index is 13.1. The second-order valence-corrected chi connectivity index (χ2v) is 5.77. The molecule has 0 unspecified atom stereocenters. The second-order valence-electron chi connectivity index (χ2n) is 4.78. The summed E-state index contributed by atoms with van der Waals surface area (Å²) in [6.45, 7) is 0. The van der Waals surface area contributed by atoms with Gasteiger partial charge in [-0.2, -0.15) is 74.6 Å². The maximum atomic E-state index is 13.1. The van der Waals surface area contributed by atoms with E-state index in [-0.39, 0.29) is 0 Å². The van der Waals surface area contributed by atoms with Crippen LogP contribution in [0.3, 0.4) is 0 Å². The van der Waals surface area contributed by atoms with Crippen LogP contribution < -0.4 is 0 Å². The van der Waals surface area contributed by atoms with Crippen LogP contribution in [0.5, 0.6) is 0 Å². The Bertz CT molecular complexity index is 640. The van der Waals surface area contributed by atoms with E-state index < -0.39 is 63.2 Å².